The Morgan fingerprint density at radius 1 is 1.06 bits per heavy atom. The van der Waals surface area contributed by atoms with Crippen LogP contribution in [0.2, 0.25) is 0 Å². The molecule has 33 heavy (non-hydrogen) atoms. The van der Waals surface area contributed by atoms with Gasteiger partial charge in [-0.3, -0.25) is 9.52 Å². The van der Waals surface area contributed by atoms with E-state index < -0.39 is 15.9 Å². The standard InChI is InChI=1S/C25H26N4O3S/c1-25(2,3)18-11-9-17(10-12-18)15-29-16-22(23(26)30)21-13-19(14-27-24(21)29)28-33(31,32)20-7-5-4-6-8-20/h4-14,16,28H,15H2,1-3H3,(H2,26,30). The zero-order valence-electron chi connectivity index (χ0n) is 18.7. The van der Waals surface area contributed by atoms with Gasteiger partial charge in [-0.2, -0.15) is 0 Å². The fourth-order valence-electron chi connectivity index (χ4n) is 3.66. The summed E-state index contributed by atoms with van der Waals surface area (Å²) < 4.78 is 29.7. The lowest BCUT2D eigenvalue weighted by Gasteiger charge is -2.19. The Labute approximate surface area is 193 Å². The predicted octanol–water partition coefficient (Wildman–Crippen LogP) is 4.28. The van der Waals surface area contributed by atoms with Crippen LogP contribution in [0.5, 0.6) is 0 Å². The first-order valence-corrected chi connectivity index (χ1v) is 12.0. The van der Waals surface area contributed by atoms with Crippen molar-refractivity contribution >= 4 is 32.7 Å². The van der Waals surface area contributed by atoms with Gasteiger partial charge in [0.25, 0.3) is 15.9 Å². The number of anilines is 1. The van der Waals surface area contributed by atoms with Crippen LogP contribution in [-0.2, 0) is 22.0 Å². The topological polar surface area (TPSA) is 107 Å². The van der Waals surface area contributed by atoms with E-state index in [4.69, 9.17) is 5.73 Å². The maximum Gasteiger partial charge on any atom is 0.261 e. The number of nitrogens with two attached hydrogens (primary N) is 1. The summed E-state index contributed by atoms with van der Waals surface area (Å²) in [6.45, 7) is 6.98. The van der Waals surface area contributed by atoms with Crippen molar-refractivity contribution in [3.63, 3.8) is 0 Å². The average molecular weight is 463 g/mol. The number of primary amides is 1. The number of pyridine rings is 1. The highest BCUT2D eigenvalue weighted by Gasteiger charge is 2.18. The van der Waals surface area contributed by atoms with E-state index >= 15 is 0 Å². The van der Waals surface area contributed by atoms with Crippen molar-refractivity contribution in [2.45, 2.75) is 37.6 Å². The molecule has 0 atom stereocenters. The SMILES string of the molecule is CC(C)(C)c1ccc(Cn2cc(C(N)=O)c3cc(NS(=O)(=O)c4ccccc4)cnc32)cc1. The van der Waals surface area contributed by atoms with Crippen molar-refractivity contribution in [1.82, 2.24) is 9.55 Å². The van der Waals surface area contributed by atoms with Gasteiger partial charge in [0, 0.05) is 18.1 Å². The number of hydrogen-bond acceptors (Lipinski definition) is 4. The Bertz CT molecular complexity index is 1420. The first-order chi connectivity index (χ1) is 15.5. The monoisotopic (exact) mass is 462 g/mol. The summed E-state index contributed by atoms with van der Waals surface area (Å²) in [5, 5.41) is 0.488. The minimum absolute atomic E-state index is 0.0584. The molecule has 8 heteroatoms. The van der Waals surface area contributed by atoms with Crippen molar-refractivity contribution in [3.05, 3.63) is 89.7 Å². The van der Waals surface area contributed by atoms with Crippen LogP contribution in [0.25, 0.3) is 11.0 Å². The molecule has 170 valence electrons. The molecule has 0 saturated heterocycles. The number of aromatic nitrogens is 2. The van der Waals surface area contributed by atoms with Gasteiger partial charge in [-0.15, -0.1) is 0 Å². The summed E-state index contributed by atoms with van der Waals surface area (Å²) in [6, 6.07) is 17.9. The molecule has 0 fully saturated rings. The molecule has 0 bridgehead atoms. The Morgan fingerprint density at radius 2 is 1.73 bits per heavy atom. The lowest BCUT2D eigenvalue weighted by molar-refractivity contribution is 0.100. The molecule has 0 radical (unpaired) electrons. The third-order valence-corrected chi connectivity index (χ3v) is 6.86. The van der Waals surface area contributed by atoms with Crippen LogP contribution in [0, 0.1) is 0 Å². The number of fused-ring (bicyclic) bond motifs is 1. The molecule has 2 aromatic heterocycles. The zero-order chi connectivity index (χ0) is 23.8. The van der Waals surface area contributed by atoms with Crippen molar-refractivity contribution in [2.24, 2.45) is 5.73 Å². The summed E-state index contributed by atoms with van der Waals surface area (Å²) >= 11 is 0. The van der Waals surface area contributed by atoms with Crippen LogP contribution in [0.3, 0.4) is 0 Å². The van der Waals surface area contributed by atoms with E-state index in [-0.39, 0.29) is 21.6 Å². The third kappa shape index (κ3) is 4.75. The molecule has 3 N–H and O–H groups in total. The maximum absolute atomic E-state index is 12.7. The Balaban J connectivity index is 1.68. The molecule has 4 rings (SSSR count). The lowest BCUT2D eigenvalue weighted by Crippen LogP contribution is -2.13. The van der Waals surface area contributed by atoms with Crippen LogP contribution >= 0.6 is 0 Å². The second kappa shape index (κ2) is 8.37. The molecule has 0 unspecified atom stereocenters. The van der Waals surface area contributed by atoms with E-state index in [1.54, 1.807) is 30.5 Å². The highest BCUT2D eigenvalue weighted by molar-refractivity contribution is 7.92. The Morgan fingerprint density at radius 3 is 2.33 bits per heavy atom. The summed E-state index contributed by atoms with van der Waals surface area (Å²) in [5.74, 6) is -0.605. The number of nitrogens with one attached hydrogen (secondary N) is 1. The molecular formula is C25H26N4O3S. The first-order valence-electron chi connectivity index (χ1n) is 10.5. The Hall–Kier alpha value is -3.65. The van der Waals surface area contributed by atoms with Crippen LogP contribution in [0.15, 0.2) is 78.0 Å². The zero-order valence-corrected chi connectivity index (χ0v) is 19.6. The van der Waals surface area contributed by atoms with Gasteiger partial charge in [0.2, 0.25) is 0 Å². The number of sulfonamides is 1. The quantitative estimate of drug-likeness (QED) is 0.446. The summed E-state index contributed by atoms with van der Waals surface area (Å²) in [5.41, 5.74) is 9.02. The second-order valence-electron chi connectivity index (χ2n) is 9.00. The molecule has 4 aromatic rings. The average Bonchev–Trinajstić information content (AvgIpc) is 3.12. The maximum atomic E-state index is 12.7. The van der Waals surface area contributed by atoms with Crippen LogP contribution in [0.1, 0.15) is 42.3 Å². The second-order valence-corrected chi connectivity index (χ2v) is 10.7. The molecule has 0 saturated carbocycles. The molecule has 0 spiro atoms. The number of benzene rings is 2. The van der Waals surface area contributed by atoms with Gasteiger partial charge in [-0.1, -0.05) is 63.2 Å². The van der Waals surface area contributed by atoms with Crippen LogP contribution in [0.4, 0.5) is 5.69 Å². The molecule has 2 heterocycles. The van der Waals surface area contributed by atoms with Gasteiger partial charge in [-0.25, -0.2) is 13.4 Å². The van der Waals surface area contributed by atoms with E-state index in [1.165, 1.54) is 23.9 Å². The van der Waals surface area contributed by atoms with E-state index in [0.717, 1.165) is 5.56 Å². The molecule has 0 aliphatic rings. The molecule has 0 aliphatic carbocycles. The van der Waals surface area contributed by atoms with Gasteiger partial charge in [0.15, 0.2) is 0 Å². The summed E-state index contributed by atoms with van der Waals surface area (Å²) in [4.78, 5) is 16.7. The normalized spacial score (nSPS) is 12.1. The van der Waals surface area contributed by atoms with Gasteiger partial charge < -0.3 is 10.3 Å². The van der Waals surface area contributed by atoms with Gasteiger partial charge in [0.05, 0.1) is 22.3 Å². The summed E-state index contributed by atoms with van der Waals surface area (Å²) in [7, 11) is -3.79. The van der Waals surface area contributed by atoms with Crippen molar-refractivity contribution < 1.29 is 13.2 Å². The summed E-state index contributed by atoms with van der Waals surface area (Å²) in [6.07, 6.45) is 3.10. The fourth-order valence-corrected chi connectivity index (χ4v) is 4.72. The molecule has 2 aromatic carbocycles. The van der Waals surface area contributed by atoms with Crippen LogP contribution < -0.4 is 10.5 Å². The number of carbonyl (C=O) groups excluding carboxylic acids is 1. The van der Waals surface area contributed by atoms with Crippen molar-refractivity contribution in [1.29, 1.82) is 0 Å². The number of hydrogen-bond donors (Lipinski definition) is 2. The molecule has 7 nitrogen and oxygen atoms in total. The fraction of sp³-hybridized carbons (Fsp3) is 0.200. The van der Waals surface area contributed by atoms with E-state index in [1.807, 2.05) is 4.57 Å². The van der Waals surface area contributed by atoms with E-state index in [9.17, 15) is 13.2 Å². The van der Waals surface area contributed by atoms with Crippen molar-refractivity contribution in [2.75, 3.05) is 4.72 Å². The lowest BCUT2D eigenvalue weighted by atomic mass is 9.87. The predicted molar refractivity (Wildman–Crippen MR) is 130 cm³/mol. The van der Waals surface area contributed by atoms with Gasteiger partial charge in [-0.05, 0) is 34.7 Å². The van der Waals surface area contributed by atoms with E-state index in [0.29, 0.717) is 17.6 Å². The van der Waals surface area contributed by atoms with Gasteiger partial charge >= 0.3 is 0 Å². The number of carbonyl (C=O) groups is 1. The molecule has 0 aliphatic heterocycles. The molecule has 1 amide bonds. The van der Waals surface area contributed by atoms with E-state index in [2.05, 4.69) is 54.7 Å². The highest BCUT2D eigenvalue weighted by atomic mass is 32.2. The van der Waals surface area contributed by atoms with Crippen molar-refractivity contribution in [3.8, 4) is 0 Å². The minimum atomic E-state index is -3.79. The van der Waals surface area contributed by atoms with Gasteiger partial charge in [0.1, 0.15) is 5.65 Å². The Kier molecular flexibility index (Phi) is 5.71. The minimum Gasteiger partial charge on any atom is -0.366 e. The number of nitrogens with zero attached hydrogens (tertiary/aromatic N) is 2. The molecular weight excluding hydrogens is 436 g/mol. The highest BCUT2D eigenvalue weighted by Crippen LogP contribution is 2.26. The first kappa shape index (κ1) is 22.5. The van der Waals surface area contributed by atoms with Crippen LogP contribution in [-0.4, -0.2) is 23.9 Å². The third-order valence-electron chi connectivity index (χ3n) is 5.46. The largest absolute Gasteiger partial charge is 0.366 e. The number of amides is 1. The number of rotatable bonds is 6. The smallest absolute Gasteiger partial charge is 0.261 e.